The van der Waals surface area contributed by atoms with E-state index < -0.39 is 0 Å². The van der Waals surface area contributed by atoms with Gasteiger partial charge >= 0.3 is 0 Å². The molecule has 6 nitrogen and oxygen atoms in total. The van der Waals surface area contributed by atoms with E-state index in [9.17, 15) is 9.59 Å². The highest BCUT2D eigenvalue weighted by Crippen LogP contribution is 2.28. The molecule has 4 N–H and O–H groups in total. The summed E-state index contributed by atoms with van der Waals surface area (Å²) in [6, 6.07) is 9.42. The molecule has 0 spiro atoms. The Hall–Kier alpha value is -2.48. The molecule has 1 saturated carbocycles. The highest BCUT2D eigenvalue weighted by molar-refractivity contribution is 7.14. The molecule has 3 aromatic rings. The van der Waals surface area contributed by atoms with Crippen molar-refractivity contribution in [1.29, 1.82) is 0 Å². The molecule has 4 rings (SSSR count). The van der Waals surface area contributed by atoms with Crippen LogP contribution in [0.15, 0.2) is 36.5 Å². The number of nitrogens with zero attached hydrogens (tertiary/aromatic N) is 1. The van der Waals surface area contributed by atoms with E-state index in [0.717, 1.165) is 21.2 Å². The van der Waals surface area contributed by atoms with Crippen molar-refractivity contribution < 1.29 is 9.59 Å². The van der Waals surface area contributed by atoms with E-state index >= 15 is 0 Å². The van der Waals surface area contributed by atoms with Gasteiger partial charge in [0.15, 0.2) is 0 Å². The highest BCUT2D eigenvalue weighted by Gasteiger charge is 2.18. The van der Waals surface area contributed by atoms with E-state index in [1.165, 1.54) is 37.0 Å². The van der Waals surface area contributed by atoms with Crippen LogP contribution in [0.2, 0.25) is 5.02 Å². The van der Waals surface area contributed by atoms with Gasteiger partial charge < -0.3 is 16.4 Å². The number of thiophene rings is 1. The number of carbonyl (C=O) groups excluding carboxylic acids is 2. The van der Waals surface area contributed by atoms with Crippen LogP contribution >= 0.6 is 22.9 Å². The second kappa shape index (κ2) is 10.4. The predicted octanol–water partition coefficient (Wildman–Crippen LogP) is 4.70. The summed E-state index contributed by atoms with van der Waals surface area (Å²) < 4.78 is 0. The molecule has 168 valence electrons. The number of benzene rings is 1. The highest BCUT2D eigenvalue weighted by atomic mass is 35.5. The molecule has 0 atom stereocenters. The lowest BCUT2D eigenvalue weighted by atomic mass is 10.0. The number of nitrogen functional groups attached to an aromatic ring is 1. The number of hydrogen-bond acceptors (Lipinski definition) is 6. The lowest BCUT2D eigenvalue weighted by molar-refractivity contribution is -0.119. The van der Waals surface area contributed by atoms with Gasteiger partial charge in [0.2, 0.25) is 0 Å². The van der Waals surface area contributed by atoms with Crippen LogP contribution < -0.4 is 16.4 Å². The van der Waals surface area contributed by atoms with Crippen LogP contribution in [0, 0.1) is 5.92 Å². The number of amides is 1. The molecule has 1 aromatic carbocycles. The molecule has 2 heterocycles. The number of nitrogens with one attached hydrogen (secondary N) is 2. The number of halogens is 1. The molecule has 0 unspecified atom stereocenters. The minimum atomic E-state index is -0.171. The maximum atomic E-state index is 12.6. The smallest absolute Gasteiger partial charge is 0.261 e. The third kappa shape index (κ3) is 5.65. The number of carbonyl (C=O) groups is 2. The third-order valence-corrected chi connectivity index (χ3v) is 7.48. The first-order valence-corrected chi connectivity index (χ1v) is 12.1. The quantitative estimate of drug-likeness (QED) is 0.421. The Balaban J connectivity index is 1.28. The fraction of sp³-hybridized carbons (Fsp3) is 0.375. The molecule has 0 radical (unpaired) electrons. The van der Waals surface area contributed by atoms with Gasteiger partial charge in [0.05, 0.1) is 16.4 Å². The maximum Gasteiger partial charge on any atom is 0.261 e. The van der Waals surface area contributed by atoms with Gasteiger partial charge in [0, 0.05) is 36.0 Å². The fourth-order valence-corrected chi connectivity index (χ4v) is 5.49. The van der Waals surface area contributed by atoms with Crippen molar-refractivity contribution in [3.8, 4) is 0 Å². The van der Waals surface area contributed by atoms with Crippen molar-refractivity contribution in [2.24, 2.45) is 5.92 Å². The van der Waals surface area contributed by atoms with Crippen molar-refractivity contribution in [3.63, 3.8) is 0 Å². The molecule has 1 aliphatic carbocycles. The van der Waals surface area contributed by atoms with Crippen LogP contribution in [-0.4, -0.2) is 23.2 Å². The van der Waals surface area contributed by atoms with Gasteiger partial charge in [-0.1, -0.05) is 49.4 Å². The van der Waals surface area contributed by atoms with Crippen LogP contribution in [0.1, 0.15) is 52.2 Å². The molecule has 1 aliphatic rings. The Morgan fingerprint density at radius 2 is 1.97 bits per heavy atom. The van der Waals surface area contributed by atoms with Gasteiger partial charge in [-0.15, -0.1) is 11.3 Å². The van der Waals surface area contributed by atoms with Gasteiger partial charge in [0.25, 0.3) is 5.91 Å². The average Bonchev–Trinajstić information content (AvgIpc) is 3.42. The van der Waals surface area contributed by atoms with Crippen LogP contribution in [0.4, 0.5) is 5.82 Å². The van der Waals surface area contributed by atoms with Crippen LogP contribution in [0.25, 0.3) is 10.8 Å². The monoisotopic (exact) mass is 470 g/mol. The number of rotatable bonds is 9. The summed E-state index contributed by atoms with van der Waals surface area (Å²) in [7, 11) is 0. The zero-order chi connectivity index (χ0) is 22.5. The Kier molecular flexibility index (Phi) is 7.40. The SMILES string of the molecule is Nc1nccc2cc(CNC(=O)c3cc(Cl)c(CNCC(=O)CC4CCCC4)s3)ccc12. The van der Waals surface area contributed by atoms with Crippen LogP contribution in [0.5, 0.6) is 0 Å². The van der Waals surface area contributed by atoms with E-state index in [1.54, 1.807) is 12.3 Å². The molecule has 0 saturated heterocycles. The van der Waals surface area contributed by atoms with E-state index in [4.69, 9.17) is 17.3 Å². The van der Waals surface area contributed by atoms with Gasteiger partial charge in [-0.25, -0.2) is 4.98 Å². The largest absolute Gasteiger partial charge is 0.383 e. The summed E-state index contributed by atoms with van der Waals surface area (Å²) in [5, 5.41) is 8.54. The number of fused-ring (bicyclic) bond motifs is 1. The number of nitrogens with two attached hydrogens (primary N) is 1. The fourth-order valence-electron chi connectivity index (χ4n) is 4.19. The number of ketones is 1. The average molecular weight is 471 g/mol. The first-order chi connectivity index (χ1) is 15.5. The predicted molar refractivity (Wildman–Crippen MR) is 130 cm³/mol. The van der Waals surface area contributed by atoms with Gasteiger partial charge in [-0.3, -0.25) is 9.59 Å². The zero-order valence-corrected chi connectivity index (χ0v) is 19.4. The molecule has 1 fully saturated rings. The van der Waals surface area contributed by atoms with Crippen molar-refractivity contribution in [3.05, 3.63) is 56.9 Å². The Bertz CT molecular complexity index is 1120. The van der Waals surface area contributed by atoms with E-state index in [1.807, 2.05) is 24.3 Å². The molecule has 0 aliphatic heterocycles. The molecule has 2 aromatic heterocycles. The number of hydrogen-bond donors (Lipinski definition) is 3. The van der Waals surface area contributed by atoms with Gasteiger partial charge in [-0.2, -0.15) is 0 Å². The standard InChI is InChI=1S/C24H27ClN4O2S/c25-20-11-21(32-22(20)14-27-13-18(30)10-15-3-1-2-4-15)24(31)29-12-16-5-6-19-17(9-16)7-8-28-23(19)26/h5-9,11,15,27H,1-4,10,12-14H2,(H2,26,28)(H,29,31). The lowest BCUT2D eigenvalue weighted by Gasteiger charge is -2.08. The molecular formula is C24H27ClN4O2S. The first kappa shape index (κ1) is 22.7. The number of Topliss-reactive ketones (excluding diaryl/α,β-unsaturated/α-hetero) is 1. The summed E-state index contributed by atoms with van der Waals surface area (Å²) in [4.78, 5) is 30.3. The number of aromatic nitrogens is 1. The van der Waals surface area contributed by atoms with Crippen molar-refractivity contribution >= 4 is 51.2 Å². The summed E-state index contributed by atoms with van der Waals surface area (Å²) in [6.07, 6.45) is 7.17. The second-order valence-electron chi connectivity index (χ2n) is 8.31. The van der Waals surface area contributed by atoms with E-state index in [2.05, 4.69) is 15.6 Å². The molecular weight excluding hydrogens is 444 g/mol. The Labute approximate surface area is 196 Å². The van der Waals surface area contributed by atoms with Gasteiger partial charge in [0.1, 0.15) is 11.6 Å². The third-order valence-electron chi connectivity index (χ3n) is 5.89. The molecule has 32 heavy (non-hydrogen) atoms. The topological polar surface area (TPSA) is 97.1 Å². The van der Waals surface area contributed by atoms with E-state index in [-0.39, 0.29) is 11.7 Å². The lowest BCUT2D eigenvalue weighted by Crippen LogP contribution is -2.23. The summed E-state index contributed by atoms with van der Waals surface area (Å²) in [6.45, 7) is 1.22. The minimum Gasteiger partial charge on any atom is -0.383 e. The van der Waals surface area contributed by atoms with Crippen LogP contribution in [-0.2, 0) is 17.9 Å². The van der Waals surface area contributed by atoms with Gasteiger partial charge in [-0.05, 0) is 35.1 Å². The normalized spacial score (nSPS) is 14.2. The van der Waals surface area contributed by atoms with Crippen molar-refractivity contribution in [1.82, 2.24) is 15.6 Å². The summed E-state index contributed by atoms with van der Waals surface area (Å²) >= 11 is 7.68. The van der Waals surface area contributed by atoms with E-state index in [0.29, 0.717) is 47.7 Å². The molecule has 1 amide bonds. The minimum absolute atomic E-state index is 0.171. The molecule has 0 bridgehead atoms. The second-order valence-corrected chi connectivity index (χ2v) is 9.86. The summed E-state index contributed by atoms with van der Waals surface area (Å²) in [5.41, 5.74) is 6.87. The Morgan fingerprint density at radius 3 is 2.78 bits per heavy atom. The Morgan fingerprint density at radius 1 is 1.16 bits per heavy atom. The maximum absolute atomic E-state index is 12.6. The zero-order valence-electron chi connectivity index (χ0n) is 17.8. The first-order valence-electron chi connectivity index (χ1n) is 10.9. The van der Waals surface area contributed by atoms with Crippen LogP contribution in [0.3, 0.4) is 0 Å². The number of pyridine rings is 1. The van der Waals surface area contributed by atoms with Crippen molar-refractivity contribution in [2.45, 2.75) is 45.2 Å². The van der Waals surface area contributed by atoms with Crippen molar-refractivity contribution in [2.75, 3.05) is 12.3 Å². The number of anilines is 1. The summed E-state index contributed by atoms with van der Waals surface area (Å²) in [5.74, 6) is 1.12. The molecule has 8 heteroatoms.